The SMILES string of the molecule is O=C(Cn1cc([N+](=O)[O-])ccc1=O)NCC#Cc1cccc(C(F)(F)F)c1. The van der Waals surface area contributed by atoms with E-state index in [9.17, 15) is 32.9 Å². The molecular weight excluding hydrogens is 367 g/mol. The monoisotopic (exact) mass is 379 g/mol. The maximum absolute atomic E-state index is 12.6. The summed E-state index contributed by atoms with van der Waals surface area (Å²) in [6.45, 7) is -0.621. The molecule has 0 bridgehead atoms. The number of nitrogens with zero attached hydrogens (tertiary/aromatic N) is 2. The van der Waals surface area contributed by atoms with Crippen molar-refractivity contribution in [1.29, 1.82) is 0 Å². The van der Waals surface area contributed by atoms with Crippen molar-refractivity contribution in [3.8, 4) is 11.8 Å². The molecule has 2 aromatic rings. The van der Waals surface area contributed by atoms with E-state index < -0.39 is 34.7 Å². The normalized spacial score (nSPS) is 10.6. The summed E-state index contributed by atoms with van der Waals surface area (Å²) in [4.78, 5) is 33.4. The van der Waals surface area contributed by atoms with E-state index in [2.05, 4.69) is 17.2 Å². The molecule has 0 saturated heterocycles. The van der Waals surface area contributed by atoms with Crippen molar-refractivity contribution in [1.82, 2.24) is 9.88 Å². The Kier molecular flexibility index (Phi) is 5.97. The summed E-state index contributed by atoms with van der Waals surface area (Å²) in [6.07, 6.45) is -3.53. The topological polar surface area (TPSA) is 94.2 Å². The second-order valence-corrected chi connectivity index (χ2v) is 5.27. The first-order chi connectivity index (χ1) is 12.7. The highest BCUT2D eigenvalue weighted by Crippen LogP contribution is 2.29. The first-order valence-corrected chi connectivity index (χ1v) is 7.44. The first-order valence-electron chi connectivity index (χ1n) is 7.44. The fourth-order valence-electron chi connectivity index (χ4n) is 2.02. The van der Waals surface area contributed by atoms with Crippen molar-refractivity contribution >= 4 is 11.6 Å². The minimum Gasteiger partial charge on any atom is -0.344 e. The van der Waals surface area contributed by atoms with Gasteiger partial charge in [-0.3, -0.25) is 24.3 Å². The average Bonchev–Trinajstić information content (AvgIpc) is 2.60. The highest BCUT2D eigenvalue weighted by atomic mass is 19.4. The van der Waals surface area contributed by atoms with Crippen LogP contribution in [0.15, 0.2) is 47.4 Å². The minimum atomic E-state index is -4.47. The van der Waals surface area contributed by atoms with Gasteiger partial charge in [0.1, 0.15) is 6.54 Å². The Morgan fingerprint density at radius 3 is 2.67 bits per heavy atom. The number of amides is 1. The van der Waals surface area contributed by atoms with Gasteiger partial charge in [-0.05, 0) is 18.2 Å². The van der Waals surface area contributed by atoms with Gasteiger partial charge in [-0.2, -0.15) is 13.2 Å². The summed E-state index contributed by atoms with van der Waals surface area (Å²) in [5.74, 6) is 4.36. The van der Waals surface area contributed by atoms with E-state index in [0.717, 1.165) is 35.0 Å². The molecule has 1 N–H and O–H groups in total. The first kappa shape index (κ1) is 19.7. The summed E-state index contributed by atoms with van der Waals surface area (Å²) >= 11 is 0. The molecule has 0 spiro atoms. The summed E-state index contributed by atoms with van der Waals surface area (Å²) in [5, 5.41) is 13.0. The molecule has 1 aromatic heterocycles. The molecule has 2 rings (SSSR count). The molecule has 7 nitrogen and oxygen atoms in total. The largest absolute Gasteiger partial charge is 0.416 e. The third-order valence-electron chi connectivity index (χ3n) is 3.29. The van der Waals surface area contributed by atoms with Crippen molar-refractivity contribution in [3.63, 3.8) is 0 Å². The van der Waals surface area contributed by atoms with Crippen LogP contribution in [0.3, 0.4) is 0 Å². The van der Waals surface area contributed by atoms with Crippen molar-refractivity contribution in [2.45, 2.75) is 12.7 Å². The number of nitrogens with one attached hydrogen (secondary N) is 1. The third-order valence-corrected chi connectivity index (χ3v) is 3.29. The van der Waals surface area contributed by atoms with Crippen LogP contribution in [0.5, 0.6) is 0 Å². The Labute approximate surface area is 150 Å². The zero-order valence-electron chi connectivity index (χ0n) is 13.6. The average molecular weight is 379 g/mol. The second kappa shape index (κ2) is 8.18. The number of nitro groups is 1. The summed E-state index contributed by atoms with van der Waals surface area (Å²) < 4.78 is 38.7. The highest BCUT2D eigenvalue weighted by Gasteiger charge is 2.30. The summed E-state index contributed by atoms with van der Waals surface area (Å²) in [5.41, 5.74) is -1.63. The molecule has 0 unspecified atom stereocenters. The van der Waals surface area contributed by atoms with Gasteiger partial charge in [-0.25, -0.2) is 0 Å². The molecular formula is C17H12F3N3O4. The van der Waals surface area contributed by atoms with Gasteiger partial charge in [0.2, 0.25) is 5.91 Å². The quantitative estimate of drug-likeness (QED) is 0.499. The van der Waals surface area contributed by atoms with Crippen LogP contribution in [0.1, 0.15) is 11.1 Å². The van der Waals surface area contributed by atoms with E-state index in [1.54, 1.807) is 0 Å². The number of benzene rings is 1. The van der Waals surface area contributed by atoms with Crippen LogP contribution in [-0.2, 0) is 17.5 Å². The fourth-order valence-corrected chi connectivity index (χ4v) is 2.02. The zero-order valence-corrected chi connectivity index (χ0v) is 13.6. The van der Waals surface area contributed by atoms with E-state index in [1.165, 1.54) is 12.1 Å². The standard InChI is InChI=1S/C17H12F3N3O4/c18-17(19,20)13-5-1-3-12(9-13)4-2-8-21-15(24)11-22-10-14(23(26)27)6-7-16(22)25/h1,3,5-7,9-10H,8,11H2,(H,21,24). The number of pyridine rings is 1. The van der Waals surface area contributed by atoms with E-state index in [4.69, 9.17) is 0 Å². The molecule has 10 heteroatoms. The van der Waals surface area contributed by atoms with Crippen molar-refractivity contribution in [3.05, 3.63) is 74.2 Å². The van der Waals surface area contributed by atoms with E-state index >= 15 is 0 Å². The number of carbonyl (C=O) groups excluding carboxylic acids is 1. The van der Waals surface area contributed by atoms with Gasteiger partial charge in [0, 0.05) is 17.7 Å². The van der Waals surface area contributed by atoms with Crippen LogP contribution in [0.25, 0.3) is 0 Å². The van der Waals surface area contributed by atoms with Crippen LogP contribution >= 0.6 is 0 Å². The Morgan fingerprint density at radius 2 is 2.00 bits per heavy atom. The van der Waals surface area contributed by atoms with Gasteiger partial charge in [0.25, 0.3) is 11.2 Å². The summed E-state index contributed by atoms with van der Waals surface area (Å²) in [7, 11) is 0. The Morgan fingerprint density at radius 1 is 1.26 bits per heavy atom. The lowest BCUT2D eigenvalue weighted by molar-refractivity contribution is -0.385. The number of hydrogen-bond acceptors (Lipinski definition) is 4. The Balaban J connectivity index is 1.96. The molecule has 140 valence electrons. The number of rotatable bonds is 4. The molecule has 0 atom stereocenters. The minimum absolute atomic E-state index is 0.133. The number of hydrogen-bond donors (Lipinski definition) is 1. The molecule has 0 aliphatic carbocycles. The molecule has 1 amide bonds. The van der Waals surface area contributed by atoms with Crippen LogP contribution in [0, 0.1) is 22.0 Å². The van der Waals surface area contributed by atoms with E-state index in [0.29, 0.717) is 0 Å². The smallest absolute Gasteiger partial charge is 0.344 e. The van der Waals surface area contributed by atoms with Crippen LogP contribution in [-0.4, -0.2) is 21.9 Å². The zero-order chi connectivity index (χ0) is 20.0. The van der Waals surface area contributed by atoms with Gasteiger partial charge in [0.15, 0.2) is 0 Å². The number of alkyl halides is 3. The van der Waals surface area contributed by atoms with Gasteiger partial charge in [0.05, 0.1) is 23.2 Å². The highest BCUT2D eigenvalue weighted by molar-refractivity contribution is 5.76. The van der Waals surface area contributed by atoms with Gasteiger partial charge < -0.3 is 5.32 Å². The van der Waals surface area contributed by atoms with Crippen molar-refractivity contribution in [2.75, 3.05) is 6.54 Å². The van der Waals surface area contributed by atoms with Gasteiger partial charge in [-0.1, -0.05) is 17.9 Å². The van der Waals surface area contributed by atoms with E-state index in [1.807, 2.05) is 0 Å². The Hall–Kier alpha value is -3.61. The molecule has 0 radical (unpaired) electrons. The van der Waals surface area contributed by atoms with Gasteiger partial charge >= 0.3 is 6.18 Å². The molecule has 0 fully saturated rings. The number of carbonyl (C=O) groups is 1. The molecule has 1 heterocycles. The maximum atomic E-state index is 12.6. The lowest BCUT2D eigenvalue weighted by Crippen LogP contribution is -2.32. The lowest BCUT2D eigenvalue weighted by atomic mass is 10.1. The maximum Gasteiger partial charge on any atom is 0.416 e. The molecule has 0 saturated carbocycles. The van der Waals surface area contributed by atoms with Gasteiger partial charge in [-0.15, -0.1) is 0 Å². The predicted octanol–water partition coefficient (Wildman–Crippen LogP) is 1.94. The predicted molar refractivity (Wildman–Crippen MR) is 88.7 cm³/mol. The third kappa shape index (κ3) is 5.71. The van der Waals surface area contributed by atoms with Crippen molar-refractivity contribution in [2.24, 2.45) is 0 Å². The van der Waals surface area contributed by atoms with Crippen LogP contribution < -0.4 is 10.9 Å². The number of halogens is 3. The lowest BCUT2D eigenvalue weighted by Gasteiger charge is -2.06. The second-order valence-electron chi connectivity index (χ2n) is 5.27. The van der Waals surface area contributed by atoms with Crippen molar-refractivity contribution < 1.29 is 22.9 Å². The molecule has 0 aliphatic heterocycles. The molecule has 1 aromatic carbocycles. The molecule has 0 aliphatic rings. The molecule has 27 heavy (non-hydrogen) atoms. The fraction of sp³-hybridized carbons (Fsp3) is 0.176. The van der Waals surface area contributed by atoms with E-state index in [-0.39, 0.29) is 17.8 Å². The summed E-state index contributed by atoms with van der Waals surface area (Å²) in [6, 6.07) is 6.42. The number of aromatic nitrogens is 1. The Bertz CT molecular complexity index is 987. The van der Waals surface area contributed by atoms with Crippen LogP contribution in [0.2, 0.25) is 0 Å². The van der Waals surface area contributed by atoms with Crippen LogP contribution in [0.4, 0.5) is 18.9 Å².